The molecule has 0 bridgehead atoms. The highest BCUT2D eigenvalue weighted by Crippen LogP contribution is 2.28. The van der Waals surface area contributed by atoms with Gasteiger partial charge < -0.3 is 4.74 Å². The van der Waals surface area contributed by atoms with Crippen molar-refractivity contribution < 1.29 is 9.53 Å². The molecule has 7 nitrogen and oxygen atoms in total. The summed E-state index contributed by atoms with van der Waals surface area (Å²) in [5.41, 5.74) is 0. The van der Waals surface area contributed by atoms with Gasteiger partial charge in [-0.3, -0.25) is 10.1 Å². The highest BCUT2D eigenvalue weighted by molar-refractivity contribution is 6.35. The van der Waals surface area contributed by atoms with Crippen LogP contribution in [0, 0.1) is 0 Å². The number of anilines is 1. The summed E-state index contributed by atoms with van der Waals surface area (Å²) in [6.07, 6.45) is 1.19. The van der Waals surface area contributed by atoms with E-state index in [0.29, 0.717) is 22.3 Å². The molecule has 0 saturated carbocycles. The molecule has 9 heteroatoms. The first kappa shape index (κ1) is 17.5. The van der Waals surface area contributed by atoms with Gasteiger partial charge in [0.1, 0.15) is 5.75 Å². The molecule has 0 fully saturated rings. The summed E-state index contributed by atoms with van der Waals surface area (Å²) in [5, 5.41) is 15.1. The van der Waals surface area contributed by atoms with Gasteiger partial charge in [0.05, 0.1) is 11.6 Å². The summed E-state index contributed by atoms with van der Waals surface area (Å²) in [4.78, 5) is 13.5. The zero-order valence-electron chi connectivity index (χ0n) is 12.8. The third kappa shape index (κ3) is 5.07. The van der Waals surface area contributed by atoms with Crippen LogP contribution in [0.15, 0.2) is 18.2 Å². The van der Waals surface area contributed by atoms with Crippen molar-refractivity contribution in [1.82, 2.24) is 20.2 Å². The van der Waals surface area contributed by atoms with Crippen LogP contribution in [0.25, 0.3) is 0 Å². The van der Waals surface area contributed by atoms with Gasteiger partial charge in [-0.05, 0) is 36.8 Å². The van der Waals surface area contributed by atoms with Crippen LogP contribution in [0.5, 0.6) is 5.75 Å². The third-order valence-corrected chi connectivity index (χ3v) is 3.50. The number of nitrogens with zero attached hydrogens (tertiary/aromatic N) is 4. The second-order valence-electron chi connectivity index (χ2n) is 4.89. The van der Waals surface area contributed by atoms with E-state index in [2.05, 4.69) is 27.7 Å². The van der Waals surface area contributed by atoms with E-state index >= 15 is 0 Å². The van der Waals surface area contributed by atoms with Crippen molar-refractivity contribution in [3.05, 3.63) is 28.2 Å². The molecule has 0 saturated heterocycles. The molecule has 0 radical (unpaired) electrons. The molecule has 0 aliphatic rings. The van der Waals surface area contributed by atoms with Crippen molar-refractivity contribution in [2.45, 2.75) is 39.3 Å². The molecule has 1 atom stereocenters. The van der Waals surface area contributed by atoms with Crippen LogP contribution in [0.3, 0.4) is 0 Å². The Bertz CT molecular complexity index is 677. The number of aryl methyl sites for hydroxylation is 1. The minimum Gasteiger partial charge on any atom is -0.479 e. The second kappa shape index (κ2) is 8.12. The number of hydrogen-bond acceptors (Lipinski definition) is 5. The fourth-order valence-electron chi connectivity index (χ4n) is 1.71. The zero-order valence-corrected chi connectivity index (χ0v) is 14.3. The summed E-state index contributed by atoms with van der Waals surface area (Å²) in [6.45, 7) is 4.33. The lowest BCUT2D eigenvalue weighted by molar-refractivity contribution is -0.122. The molecular weight excluding hydrogens is 341 g/mol. The predicted molar refractivity (Wildman–Crippen MR) is 87.9 cm³/mol. The number of ether oxygens (including phenoxy) is 1. The maximum Gasteiger partial charge on any atom is 0.270 e. The predicted octanol–water partition coefficient (Wildman–Crippen LogP) is 3.19. The lowest BCUT2D eigenvalue weighted by Crippen LogP contribution is -2.30. The van der Waals surface area contributed by atoms with Gasteiger partial charge in [-0.1, -0.05) is 41.6 Å². The first-order chi connectivity index (χ1) is 11.0. The Morgan fingerprint density at radius 3 is 2.91 bits per heavy atom. The van der Waals surface area contributed by atoms with Crippen LogP contribution in [0.4, 0.5) is 5.95 Å². The maximum atomic E-state index is 12.1. The van der Waals surface area contributed by atoms with Gasteiger partial charge in [0.15, 0.2) is 6.10 Å². The molecule has 0 spiro atoms. The standard InChI is InChI=1S/C14H17Cl2N5O2/c1-3-4-7-21-19-14(18-20-21)17-13(22)9(2)23-12-6-5-10(15)8-11(12)16/h5-6,8-9H,3-4,7H2,1-2H3,(H,17,19,22). The Morgan fingerprint density at radius 2 is 2.22 bits per heavy atom. The number of tetrazole rings is 1. The number of halogens is 2. The van der Waals surface area contributed by atoms with Gasteiger partial charge in [0, 0.05) is 5.02 Å². The molecule has 1 unspecified atom stereocenters. The molecular formula is C14H17Cl2N5O2. The number of benzene rings is 1. The van der Waals surface area contributed by atoms with Crippen molar-refractivity contribution in [3.63, 3.8) is 0 Å². The van der Waals surface area contributed by atoms with Crippen molar-refractivity contribution in [1.29, 1.82) is 0 Å². The molecule has 1 heterocycles. The van der Waals surface area contributed by atoms with E-state index in [0.717, 1.165) is 12.8 Å². The number of amides is 1. The van der Waals surface area contributed by atoms with Crippen LogP contribution < -0.4 is 10.1 Å². The van der Waals surface area contributed by atoms with Crippen molar-refractivity contribution >= 4 is 35.1 Å². The normalized spacial score (nSPS) is 12.0. The van der Waals surface area contributed by atoms with E-state index in [1.165, 1.54) is 4.80 Å². The largest absolute Gasteiger partial charge is 0.479 e. The quantitative estimate of drug-likeness (QED) is 0.822. The van der Waals surface area contributed by atoms with E-state index in [4.69, 9.17) is 27.9 Å². The number of hydrogen-bond donors (Lipinski definition) is 1. The lowest BCUT2D eigenvalue weighted by Gasteiger charge is -2.14. The van der Waals surface area contributed by atoms with Gasteiger partial charge >= 0.3 is 0 Å². The average molecular weight is 358 g/mol. The summed E-state index contributed by atoms with van der Waals surface area (Å²) < 4.78 is 5.52. The Labute approximate surface area is 143 Å². The molecule has 1 aromatic heterocycles. The van der Waals surface area contributed by atoms with Crippen molar-refractivity contribution in [2.24, 2.45) is 0 Å². The summed E-state index contributed by atoms with van der Waals surface area (Å²) in [7, 11) is 0. The average Bonchev–Trinajstić information content (AvgIpc) is 2.95. The first-order valence-electron chi connectivity index (χ1n) is 7.20. The fraction of sp³-hybridized carbons (Fsp3) is 0.429. The third-order valence-electron chi connectivity index (χ3n) is 2.97. The highest BCUT2D eigenvalue weighted by atomic mass is 35.5. The topological polar surface area (TPSA) is 81.9 Å². The van der Waals surface area contributed by atoms with E-state index in [1.807, 2.05) is 0 Å². The fourth-order valence-corrected chi connectivity index (χ4v) is 2.17. The Morgan fingerprint density at radius 1 is 1.43 bits per heavy atom. The Hall–Kier alpha value is -1.86. The lowest BCUT2D eigenvalue weighted by atomic mass is 10.3. The number of nitrogens with one attached hydrogen (secondary N) is 1. The smallest absolute Gasteiger partial charge is 0.270 e. The van der Waals surface area contributed by atoms with Gasteiger partial charge in [-0.15, -0.1) is 5.10 Å². The number of unbranched alkanes of at least 4 members (excludes halogenated alkanes) is 1. The molecule has 0 aliphatic carbocycles. The summed E-state index contributed by atoms with van der Waals surface area (Å²) >= 11 is 11.8. The summed E-state index contributed by atoms with van der Waals surface area (Å²) in [6, 6.07) is 4.78. The van der Waals surface area contributed by atoms with Crippen LogP contribution in [-0.2, 0) is 11.3 Å². The molecule has 1 aromatic carbocycles. The second-order valence-corrected chi connectivity index (χ2v) is 5.73. The first-order valence-corrected chi connectivity index (χ1v) is 7.95. The Balaban J connectivity index is 1.93. The molecule has 2 aromatic rings. The molecule has 0 aliphatic heterocycles. The molecule has 1 amide bonds. The van der Waals surface area contributed by atoms with Gasteiger partial charge in [0.25, 0.3) is 11.9 Å². The minimum absolute atomic E-state index is 0.142. The molecule has 124 valence electrons. The molecule has 1 N–H and O–H groups in total. The van der Waals surface area contributed by atoms with Crippen molar-refractivity contribution in [3.8, 4) is 5.75 Å². The van der Waals surface area contributed by atoms with Crippen LogP contribution >= 0.6 is 23.2 Å². The van der Waals surface area contributed by atoms with E-state index in [9.17, 15) is 4.79 Å². The van der Waals surface area contributed by atoms with Crippen LogP contribution in [-0.4, -0.2) is 32.2 Å². The molecule has 23 heavy (non-hydrogen) atoms. The highest BCUT2D eigenvalue weighted by Gasteiger charge is 2.18. The zero-order chi connectivity index (χ0) is 16.8. The molecule has 2 rings (SSSR count). The maximum absolute atomic E-state index is 12.1. The number of carbonyl (C=O) groups excluding carboxylic acids is 1. The number of carbonyl (C=O) groups is 1. The van der Waals surface area contributed by atoms with E-state index in [-0.39, 0.29) is 5.95 Å². The summed E-state index contributed by atoms with van der Waals surface area (Å²) in [5.74, 6) is 0.119. The van der Waals surface area contributed by atoms with Gasteiger partial charge in [-0.2, -0.15) is 4.80 Å². The van der Waals surface area contributed by atoms with Gasteiger partial charge in [0.2, 0.25) is 0 Å². The van der Waals surface area contributed by atoms with Crippen LogP contribution in [0.1, 0.15) is 26.7 Å². The monoisotopic (exact) mass is 357 g/mol. The minimum atomic E-state index is -0.781. The van der Waals surface area contributed by atoms with E-state index < -0.39 is 12.0 Å². The Kier molecular flexibility index (Phi) is 6.18. The number of aromatic nitrogens is 4. The van der Waals surface area contributed by atoms with Crippen LogP contribution in [0.2, 0.25) is 10.0 Å². The number of rotatable bonds is 7. The SMILES string of the molecule is CCCCn1nnc(NC(=O)C(C)Oc2ccc(Cl)cc2Cl)n1. The van der Waals surface area contributed by atoms with Gasteiger partial charge in [-0.25, -0.2) is 0 Å². The van der Waals surface area contributed by atoms with E-state index in [1.54, 1.807) is 25.1 Å². The van der Waals surface area contributed by atoms with Crippen molar-refractivity contribution in [2.75, 3.05) is 5.32 Å².